The molecule has 10 nitrogen and oxygen atoms in total. The molecule has 0 bridgehead atoms. The van der Waals surface area contributed by atoms with Gasteiger partial charge >= 0.3 is 17.6 Å². The molecule has 2 aromatic rings. The molecule has 29 heavy (non-hydrogen) atoms. The summed E-state index contributed by atoms with van der Waals surface area (Å²) in [5.41, 5.74) is 0.543. The highest BCUT2D eigenvalue weighted by Gasteiger charge is 2.26. The Morgan fingerprint density at radius 3 is 2.31 bits per heavy atom. The Morgan fingerprint density at radius 1 is 1.07 bits per heavy atom. The third-order valence-corrected chi connectivity index (χ3v) is 4.08. The first-order chi connectivity index (χ1) is 13.7. The van der Waals surface area contributed by atoms with Gasteiger partial charge in [0.15, 0.2) is 12.4 Å². The summed E-state index contributed by atoms with van der Waals surface area (Å²) in [4.78, 5) is 50.2. The van der Waals surface area contributed by atoms with Crippen molar-refractivity contribution in [2.24, 2.45) is 0 Å². The molecule has 1 N–H and O–H groups in total. The lowest BCUT2D eigenvalue weighted by atomic mass is 10.1. The second-order valence-electron chi connectivity index (χ2n) is 5.99. The molecule has 1 heterocycles. The number of Topliss-reactive ketones (excluding diaryl/α,β-unsaturated/α-hetero) is 1. The molecule has 10 heteroatoms. The number of aromatic amines is 1. The van der Waals surface area contributed by atoms with Crippen molar-refractivity contribution in [3.63, 3.8) is 0 Å². The largest absolute Gasteiger partial charge is 0.490 e. The normalized spacial score (nSPS) is 10.3. The van der Waals surface area contributed by atoms with E-state index in [-0.39, 0.29) is 29.0 Å². The minimum Gasteiger partial charge on any atom is -0.490 e. The zero-order chi connectivity index (χ0) is 21.7. The zero-order valence-corrected chi connectivity index (χ0v) is 16.4. The first-order valence-electron chi connectivity index (χ1n) is 8.60. The van der Waals surface area contributed by atoms with Crippen LogP contribution in [0.25, 0.3) is 0 Å². The van der Waals surface area contributed by atoms with E-state index in [1.54, 1.807) is 20.8 Å². The van der Waals surface area contributed by atoms with E-state index < -0.39 is 34.9 Å². The van der Waals surface area contributed by atoms with Crippen molar-refractivity contribution < 1.29 is 33.5 Å². The van der Waals surface area contributed by atoms with Crippen LogP contribution < -0.4 is 4.74 Å². The van der Waals surface area contributed by atoms with Gasteiger partial charge in [0, 0.05) is 17.5 Å². The highest BCUT2D eigenvalue weighted by molar-refractivity contribution is 6.09. The van der Waals surface area contributed by atoms with E-state index in [9.17, 15) is 24.5 Å². The smallest absolute Gasteiger partial charge is 0.340 e. The van der Waals surface area contributed by atoms with Crippen LogP contribution in [0.15, 0.2) is 18.2 Å². The third-order valence-electron chi connectivity index (χ3n) is 4.08. The van der Waals surface area contributed by atoms with Crippen molar-refractivity contribution in [1.82, 2.24) is 4.98 Å². The van der Waals surface area contributed by atoms with Gasteiger partial charge in [0.05, 0.1) is 35.3 Å². The Bertz CT molecular complexity index is 977. The van der Waals surface area contributed by atoms with Gasteiger partial charge in [0.1, 0.15) is 0 Å². The number of hydrogen-bond donors (Lipinski definition) is 1. The van der Waals surface area contributed by atoms with Crippen molar-refractivity contribution in [2.45, 2.75) is 20.8 Å². The number of H-pyrrole nitrogens is 1. The molecule has 0 radical (unpaired) electrons. The molecule has 2 rings (SSSR count). The van der Waals surface area contributed by atoms with Gasteiger partial charge in [-0.15, -0.1) is 0 Å². The summed E-state index contributed by atoms with van der Waals surface area (Å²) in [6.07, 6.45) is 0. The molecule has 0 aliphatic carbocycles. The number of nitro benzene ring substituents is 1. The second-order valence-corrected chi connectivity index (χ2v) is 5.99. The number of esters is 2. The van der Waals surface area contributed by atoms with E-state index in [2.05, 4.69) is 4.98 Å². The van der Waals surface area contributed by atoms with Crippen molar-refractivity contribution in [2.75, 3.05) is 20.3 Å². The number of carbonyl (C=O) groups excluding carboxylic acids is 3. The first-order valence-corrected chi connectivity index (χ1v) is 8.60. The molecule has 0 unspecified atom stereocenters. The molecule has 1 aromatic carbocycles. The lowest BCUT2D eigenvalue weighted by molar-refractivity contribution is -0.385. The number of ether oxygens (including phenoxy) is 3. The number of aryl methyl sites for hydroxylation is 2. The molecule has 0 saturated heterocycles. The first kappa shape index (κ1) is 21.6. The molecular formula is C19H20N2O8. The SMILES string of the molecule is CCOC(=O)c1c(C)[nH]c(C)c1C(=O)COC(=O)c1ccc(OC)c([N+](=O)[O-])c1. The summed E-state index contributed by atoms with van der Waals surface area (Å²) >= 11 is 0. The van der Waals surface area contributed by atoms with Crippen LogP contribution in [0.2, 0.25) is 0 Å². The van der Waals surface area contributed by atoms with E-state index in [1.165, 1.54) is 19.2 Å². The maximum absolute atomic E-state index is 12.6. The fourth-order valence-electron chi connectivity index (χ4n) is 2.83. The van der Waals surface area contributed by atoms with Gasteiger partial charge in [-0.1, -0.05) is 0 Å². The number of nitro groups is 1. The predicted octanol–water partition coefficient (Wildman–Crippen LogP) is 2.76. The van der Waals surface area contributed by atoms with Gasteiger partial charge in [0.25, 0.3) is 0 Å². The van der Waals surface area contributed by atoms with Crippen LogP contribution >= 0.6 is 0 Å². The Balaban J connectivity index is 2.20. The number of ketones is 1. The number of aromatic nitrogens is 1. The average Bonchev–Trinajstić information content (AvgIpc) is 2.99. The van der Waals surface area contributed by atoms with Crippen LogP contribution in [0.1, 0.15) is 49.4 Å². The van der Waals surface area contributed by atoms with Gasteiger partial charge in [0.2, 0.25) is 5.78 Å². The van der Waals surface area contributed by atoms with Gasteiger partial charge in [-0.3, -0.25) is 14.9 Å². The predicted molar refractivity (Wildman–Crippen MR) is 100 cm³/mol. The molecule has 0 amide bonds. The summed E-state index contributed by atoms with van der Waals surface area (Å²) in [6.45, 7) is 4.37. The van der Waals surface area contributed by atoms with Crippen molar-refractivity contribution in [3.8, 4) is 5.75 Å². The van der Waals surface area contributed by atoms with Crippen LogP contribution in [0.5, 0.6) is 5.75 Å². The summed E-state index contributed by atoms with van der Waals surface area (Å²) in [5.74, 6) is -2.20. The Kier molecular flexibility index (Phi) is 6.71. The van der Waals surface area contributed by atoms with E-state index in [4.69, 9.17) is 14.2 Å². The highest BCUT2D eigenvalue weighted by atomic mass is 16.6. The van der Waals surface area contributed by atoms with Crippen LogP contribution in [-0.4, -0.2) is 48.0 Å². The standard InChI is InChI=1S/C19H20N2O8/c1-5-28-19(24)17-11(3)20-10(2)16(17)14(22)9-29-18(23)12-6-7-15(27-4)13(8-12)21(25)26/h6-8,20H,5,9H2,1-4H3. The topological polar surface area (TPSA) is 138 Å². The number of rotatable bonds is 8. The van der Waals surface area contributed by atoms with Crippen LogP contribution in [0.3, 0.4) is 0 Å². The third kappa shape index (κ3) is 4.60. The number of carbonyl (C=O) groups is 3. The number of nitrogens with zero attached hydrogens (tertiary/aromatic N) is 1. The van der Waals surface area contributed by atoms with Crippen LogP contribution in [0, 0.1) is 24.0 Å². The number of nitrogens with one attached hydrogen (secondary N) is 1. The molecule has 154 valence electrons. The zero-order valence-electron chi connectivity index (χ0n) is 16.4. The average molecular weight is 404 g/mol. The summed E-state index contributed by atoms with van der Waals surface area (Å²) in [7, 11) is 1.27. The van der Waals surface area contributed by atoms with Gasteiger partial charge in [-0.2, -0.15) is 0 Å². The number of hydrogen-bond acceptors (Lipinski definition) is 8. The molecule has 1 aromatic heterocycles. The van der Waals surface area contributed by atoms with Crippen molar-refractivity contribution in [1.29, 1.82) is 0 Å². The fourth-order valence-corrected chi connectivity index (χ4v) is 2.83. The Labute approximate surface area is 165 Å². The minimum absolute atomic E-state index is 0.0138. The van der Waals surface area contributed by atoms with Gasteiger partial charge in [-0.05, 0) is 32.9 Å². The Morgan fingerprint density at radius 2 is 1.72 bits per heavy atom. The van der Waals surface area contributed by atoms with Gasteiger partial charge in [-0.25, -0.2) is 9.59 Å². The molecular weight excluding hydrogens is 384 g/mol. The van der Waals surface area contributed by atoms with E-state index in [0.29, 0.717) is 11.4 Å². The van der Waals surface area contributed by atoms with Gasteiger partial charge < -0.3 is 19.2 Å². The molecule has 0 atom stereocenters. The van der Waals surface area contributed by atoms with Crippen molar-refractivity contribution in [3.05, 3.63) is 56.4 Å². The summed E-state index contributed by atoms with van der Waals surface area (Å²) < 4.78 is 14.8. The molecule has 0 aliphatic rings. The molecule has 0 spiro atoms. The quantitative estimate of drug-likeness (QED) is 0.307. The lowest BCUT2D eigenvalue weighted by Crippen LogP contribution is -2.18. The van der Waals surface area contributed by atoms with Crippen LogP contribution in [0.4, 0.5) is 5.69 Å². The second kappa shape index (κ2) is 9.00. The monoisotopic (exact) mass is 404 g/mol. The maximum Gasteiger partial charge on any atom is 0.340 e. The minimum atomic E-state index is -0.924. The molecule has 0 aliphatic heterocycles. The van der Waals surface area contributed by atoms with E-state index in [1.807, 2.05) is 0 Å². The van der Waals surface area contributed by atoms with E-state index >= 15 is 0 Å². The fraction of sp³-hybridized carbons (Fsp3) is 0.316. The molecule has 0 saturated carbocycles. The number of benzene rings is 1. The summed E-state index contributed by atoms with van der Waals surface area (Å²) in [6, 6.07) is 3.55. The highest BCUT2D eigenvalue weighted by Crippen LogP contribution is 2.28. The lowest BCUT2D eigenvalue weighted by Gasteiger charge is -2.08. The number of methoxy groups -OCH3 is 1. The van der Waals surface area contributed by atoms with E-state index in [0.717, 1.165) is 6.07 Å². The maximum atomic E-state index is 12.6. The Hall–Kier alpha value is -3.69. The van der Waals surface area contributed by atoms with Crippen LogP contribution in [-0.2, 0) is 9.47 Å². The molecule has 0 fully saturated rings. The van der Waals surface area contributed by atoms with Crippen molar-refractivity contribution >= 4 is 23.4 Å². The summed E-state index contributed by atoms with van der Waals surface area (Å²) in [5, 5.41) is 11.1.